The van der Waals surface area contributed by atoms with Crippen molar-refractivity contribution in [1.29, 1.82) is 0 Å². The van der Waals surface area contributed by atoms with E-state index in [0.717, 1.165) is 60.4 Å². The number of pyridine rings is 1. The van der Waals surface area contributed by atoms with Crippen LogP contribution in [0.25, 0.3) is 22.2 Å². The van der Waals surface area contributed by atoms with E-state index in [4.69, 9.17) is 4.98 Å². The first-order chi connectivity index (χ1) is 14.8. The minimum atomic E-state index is 0.101. The molecule has 2 aromatic carbocycles. The number of para-hydroxylation sites is 1. The van der Waals surface area contributed by atoms with Crippen LogP contribution in [0.3, 0.4) is 0 Å². The molecule has 0 radical (unpaired) electrons. The molecule has 0 aliphatic carbocycles. The number of benzene rings is 2. The second-order valence-corrected chi connectivity index (χ2v) is 8.42. The van der Waals surface area contributed by atoms with E-state index in [1.807, 2.05) is 46.7 Å². The number of piperazine rings is 1. The third-order valence-electron chi connectivity index (χ3n) is 5.67. The summed E-state index contributed by atoms with van der Waals surface area (Å²) in [5, 5.41) is 5.04. The van der Waals surface area contributed by atoms with Crippen molar-refractivity contribution in [3.63, 3.8) is 0 Å². The zero-order valence-electron chi connectivity index (χ0n) is 16.7. The van der Waals surface area contributed by atoms with Gasteiger partial charge in [-0.15, -0.1) is 0 Å². The predicted molar refractivity (Wildman–Crippen MR) is 123 cm³/mol. The van der Waals surface area contributed by atoms with Crippen LogP contribution < -0.4 is 0 Å². The lowest BCUT2D eigenvalue weighted by atomic mass is 10.0. The molecule has 0 unspecified atom stereocenters. The largest absolute Gasteiger partial charge is 0.336 e. The van der Waals surface area contributed by atoms with Crippen LogP contribution in [0.2, 0.25) is 0 Å². The first kappa shape index (κ1) is 19.0. The van der Waals surface area contributed by atoms with E-state index >= 15 is 0 Å². The second-order valence-electron chi connectivity index (χ2n) is 7.64. The Morgan fingerprint density at radius 1 is 0.933 bits per heavy atom. The molecule has 1 saturated heterocycles. The summed E-state index contributed by atoms with van der Waals surface area (Å²) in [6, 6.07) is 22.5. The standard InChI is InChI=1S/C25H23N3OS/c29-25(28-13-11-27(12-14-28)17-19-6-2-1-3-7-19)22-16-24(20-10-15-30-18-20)26-23-9-5-4-8-21(22)23/h1-10,15-16,18H,11-14,17H2. The third-order valence-corrected chi connectivity index (χ3v) is 6.36. The van der Waals surface area contributed by atoms with Crippen LogP contribution in [-0.2, 0) is 6.54 Å². The molecule has 1 aliphatic rings. The van der Waals surface area contributed by atoms with Gasteiger partial charge in [-0.05, 0) is 29.1 Å². The lowest BCUT2D eigenvalue weighted by Gasteiger charge is -2.35. The summed E-state index contributed by atoms with van der Waals surface area (Å²) < 4.78 is 0. The molecule has 0 saturated carbocycles. The highest BCUT2D eigenvalue weighted by Crippen LogP contribution is 2.27. The van der Waals surface area contributed by atoms with Crippen LogP contribution in [0.4, 0.5) is 0 Å². The van der Waals surface area contributed by atoms with E-state index in [9.17, 15) is 4.79 Å². The Morgan fingerprint density at radius 2 is 1.70 bits per heavy atom. The number of amides is 1. The summed E-state index contributed by atoms with van der Waals surface area (Å²) in [7, 11) is 0. The van der Waals surface area contributed by atoms with Crippen molar-refractivity contribution in [1.82, 2.24) is 14.8 Å². The summed E-state index contributed by atoms with van der Waals surface area (Å²) in [5.74, 6) is 0.101. The highest BCUT2D eigenvalue weighted by molar-refractivity contribution is 7.08. The molecule has 30 heavy (non-hydrogen) atoms. The van der Waals surface area contributed by atoms with Crippen LogP contribution >= 0.6 is 11.3 Å². The van der Waals surface area contributed by atoms with Crippen molar-refractivity contribution in [2.24, 2.45) is 0 Å². The highest BCUT2D eigenvalue weighted by atomic mass is 32.1. The van der Waals surface area contributed by atoms with Gasteiger partial charge in [-0.25, -0.2) is 4.98 Å². The molecule has 0 N–H and O–H groups in total. The van der Waals surface area contributed by atoms with Gasteiger partial charge in [0, 0.05) is 49.1 Å². The van der Waals surface area contributed by atoms with Crippen molar-refractivity contribution in [3.8, 4) is 11.3 Å². The van der Waals surface area contributed by atoms with Crippen molar-refractivity contribution in [2.45, 2.75) is 6.54 Å². The number of aromatic nitrogens is 1. The lowest BCUT2D eigenvalue weighted by Crippen LogP contribution is -2.48. The predicted octanol–water partition coefficient (Wildman–Crippen LogP) is 4.92. The molecule has 0 atom stereocenters. The minimum Gasteiger partial charge on any atom is -0.336 e. The molecule has 150 valence electrons. The maximum Gasteiger partial charge on any atom is 0.254 e. The van der Waals surface area contributed by atoms with Crippen LogP contribution in [0.5, 0.6) is 0 Å². The summed E-state index contributed by atoms with van der Waals surface area (Å²) in [4.78, 5) is 22.7. The Labute approximate surface area is 180 Å². The molecule has 0 bridgehead atoms. The zero-order chi connectivity index (χ0) is 20.3. The minimum absolute atomic E-state index is 0.101. The summed E-state index contributed by atoms with van der Waals surface area (Å²) in [5.41, 5.74) is 4.86. The molecule has 4 nitrogen and oxygen atoms in total. The molecule has 2 aromatic heterocycles. The van der Waals surface area contributed by atoms with E-state index in [0.29, 0.717) is 0 Å². The molecular weight excluding hydrogens is 390 g/mol. The molecule has 0 spiro atoms. The Bertz CT molecular complexity index is 1150. The molecule has 1 fully saturated rings. The lowest BCUT2D eigenvalue weighted by molar-refractivity contribution is 0.0630. The summed E-state index contributed by atoms with van der Waals surface area (Å²) in [6.07, 6.45) is 0. The number of fused-ring (bicyclic) bond motifs is 1. The van der Waals surface area contributed by atoms with Gasteiger partial charge in [-0.2, -0.15) is 11.3 Å². The first-order valence-electron chi connectivity index (χ1n) is 10.3. The van der Waals surface area contributed by atoms with Crippen LogP contribution in [0, 0.1) is 0 Å². The molecular formula is C25H23N3OS. The van der Waals surface area contributed by atoms with Gasteiger partial charge in [0.25, 0.3) is 5.91 Å². The number of thiophene rings is 1. The Hall–Kier alpha value is -3.02. The number of carbonyl (C=O) groups excluding carboxylic acids is 1. The number of hydrogen-bond donors (Lipinski definition) is 0. The molecule has 1 amide bonds. The van der Waals surface area contributed by atoms with E-state index in [1.165, 1.54) is 5.56 Å². The fourth-order valence-corrected chi connectivity index (χ4v) is 4.68. The fraction of sp³-hybridized carbons (Fsp3) is 0.200. The summed E-state index contributed by atoms with van der Waals surface area (Å²) >= 11 is 1.64. The second kappa shape index (κ2) is 8.38. The SMILES string of the molecule is O=C(c1cc(-c2ccsc2)nc2ccccc12)N1CCN(Cc2ccccc2)CC1. The van der Waals surface area contributed by atoms with Crippen molar-refractivity contribution < 1.29 is 4.79 Å². The Balaban J connectivity index is 1.37. The van der Waals surface area contributed by atoms with Gasteiger partial charge in [0.2, 0.25) is 0 Å². The van der Waals surface area contributed by atoms with Gasteiger partial charge >= 0.3 is 0 Å². The molecule has 4 aromatic rings. The first-order valence-corrected chi connectivity index (χ1v) is 11.2. The molecule has 3 heterocycles. The maximum absolute atomic E-state index is 13.5. The molecule has 5 rings (SSSR count). The third kappa shape index (κ3) is 3.86. The topological polar surface area (TPSA) is 36.4 Å². The smallest absolute Gasteiger partial charge is 0.254 e. The fourth-order valence-electron chi connectivity index (χ4n) is 4.03. The van der Waals surface area contributed by atoms with Crippen molar-refractivity contribution in [2.75, 3.05) is 26.2 Å². The quantitative estimate of drug-likeness (QED) is 0.476. The van der Waals surface area contributed by atoms with E-state index in [-0.39, 0.29) is 5.91 Å². The Morgan fingerprint density at radius 3 is 2.47 bits per heavy atom. The number of hydrogen-bond acceptors (Lipinski definition) is 4. The van der Waals surface area contributed by atoms with Crippen molar-refractivity contribution in [3.05, 3.63) is 88.6 Å². The van der Waals surface area contributed by atoms with Gasteiger partial charge < -0.3 is 4.90 Å². The Kier molecular flexibility index (Phi) is 5.30. The van der Waals surface area contributed by atoms with Gasteiger partial charge in [0.15, 0.2) is 0 Å². The average Bonchev–Trinajstić information content (AvgIpc) is 3.34. The van der Waals surface area contributed by atoms with E-state index in [2.05, 4.69) is 40.6 Å². The van der Waals surface area contributed by atoms with Gasteiger partial charge in [-0.3, -0.25) is 9.69 Å². The monoisotopic (exact) mass is 413 g/mol. The van der Waals surface area contributed by atoms with Crippen LogP contribution in [0.1, 0.15) is 15.9 Å². The number of nitrogens with zero attached hydrogens (tertiary/aromatic N) is 3. The molecule has 1 aliphatic heterocycles. The zero-order valence-corrected chi connectivity index (χ0v) is 17.5. The number of carbonyl (C=O) groups is 1. The normalized spacial score (nSPS) is 14.9. The van der Waals surface area contributed by atoms with Crippen LogP contribution in [0.15, 0.2) is 77.5 Å². The van der Waals surface area contributed by atoms with Crippen molar-refractivity contribution >= 4 is 28.1 Å². The van der Waals surface area contributed by atoms with E-state index in [1.54, 1.807) is 11.3 Å². The van der Waals surface area contributed by atoms with Gasteiger partial charge in [0.1, 0.15) is 0 Å². The summed E-state index contributed by atoms with van der Waals surface area (Å²) in [6.45, 7) is 4.21. The number of rotatable bonds is 4. The maximum atomic E-state index is 13.5. The van der Waals surface area contributed by atoms with E-state index < -0.39 is 0 Å². The molecule has 5 heteroatoms. The highest BCUT2D eigenvalue weighted by Gasteiger charge is 2.24. The van der Waals surface area contributed by atoms with Gasteiger partial charge in [-0.1, -0.05) is 48.5 Å². The average molecular weight is 414 g/mol. The van der Waals surface area contributed by atoms with Gasteiger partial charge in [0.05, 0.1) is 16.8 Å². The van der Waals surface area contributed by atoms with Crippen LogP contribution in [-0.4, -0.2) is 46.9 Å².